The van der Waals surface area contributed by atoms with Crippen LogP contribution < -0.4 is 16.4 Å². The second kappa shape index (κ2) is 10.4. The number of hydrogen-bond acceptors (Lipinski definition) is 4. The zero-order valence-corrected chi connectivity index (χ0v) is 12.7. The Morgan fingerprint density at radius 2 is 1.90 bits per heavy atom. The molecule has 0 heterocycles. The van der Waals surface area contributed by atoms with Gasteiger partial charge in [0.05, 0.1) is 0 Å². The van der Waals surface area contributed by atoms with E-state index in [0.717, 1.165) is 17.9 Å². The lowest BCUT2D eigenvalue weighted by Crippen LogP contribution is -2.48. The van der Waals surface area contributed by atoms with Crippen LogP contribution in [0.4, 0.5) is 4.79 Å². The van der Waals surface area contributed by atoms with Gasteiger partial charge in [-0.1, -0.05) is 6.92 Å². The summed E-state index contributed by atoms with van der Waals surface area (Å²) < 4.78 is 0. The van der Waals surface area contributed by atoms with E-state index in [2.05, 4.69) is 17.6 Å². The lowest BCUT2D eigenvalue weighted by molar-refractivity contribution is -0.139. The van der Waals surface area contributed by atoms with Gasteiger partial charge in [-0.3, -0.25) is 4.79 Å². The van der Waals surface area contributed by atoms with Crippen molar-refractivity contribution in [3.8, 4) is 0 Å². The van der Waals surface area contributed by atoms with Crippen molar-refractivity contribution in [1.29, 1.82) is 0 Å². The second-order valence-corrected chi connectivity index (χ2v) is 5.79. The number of rotatable bonds is 10. The predicted molar refractivity (Wildman–Crippen MR) is 78.6 cm³/mol. The number of primary amides is 1. The van der Waals surface area contributed by atoms with E-state index >= 15 is 0 Å². The zero-order chi connectivity index (χ0) is 15.5. The third-order valence-electron chi connectivity index (χ3n) is 2.56. The Bertz CT molecular complexity index is 339. The van der Waals surface area contributed by atoms with Gasteiger partial charge in [-0.15, -0.1) is 0 Å². The molecule has 0 saturated carbocycles. The van der Waals surface area contributed by atoms with E-state index in [9.17, 15) is 14.4 Å². The summed E-state index contributed by atoms with van der Waals surface area (Å²) in [7, 11) is 0. The number of amides is 3. The van der Waals surface area contributed by atoms with E-state index in [0.29, 0.717) is 0 Å². The maximum absolute atomic E-state index is 11.6. The predicted octanol–water partition coefficient (Wildman–Crippen LogP) is 0.536. The molecule has 7 nitrogen and oxygen atoms in total. The number of carbonyl (C=O) groups is 3. The first-order valence-electron chi connectivity index (χ1n) is 6.52. The Morgan fingerprint density at radius 3 is 2.40 bits per heavy atom. The molecular weight excluding hydrogens is 282 g/mol. The summed E-state index contributed by atoms with van der Waals surface area (Å²) >= 11 is 1.78. The second-order valence-electron chi connectivity index (χ2n) is 4.40. The standard InChI is InChI=1S/C12H23N3O4S/c1-3-20-7-6-8(2)14-12(19)15-9(11(17)18)4-5-10(13)16/h8-9H,3-7H2,1-2H3,(H2,13,16)(H,17,18)(H2,14,15,19)/t8?,9-/m0/s1. The molecule has 0 saturated heterocycles. The van der Waals surface area contributed by atoms with Gasteiger partial charge in [0, 0.05) is 12.5 Å². The van der Waals surface area contributed by atoms with E-state index in [1.807, 2.05) is 6.92 Å². The quantitative estimate of drug-likeness (QED) is 0.439. The molecule has 1 unspecified atom stereocenters. The van der Waals surface area contributed by atoms with Gasteiger partial charge in [0.2, 0.25) is 5.91 Å². The van der Waals surface area contributed by atoms with Crippen LogP contribution in [-0.4, -0.2) is 46.6 Å². The monoisotopic (exact) mass is 305 g/mol. The van der Waals surface area contributed by atoms with E-state index in [1.54, 1.807) is 11.8 Å². The maximum atomic E-state index is 11.6. The van der Waals surface area contributed by atoms with Crippen LogP contribution in [0.15, 0.2) is 0 Å². The fraction of sp³-hybridized carbons (Fsp3) is 0.750. The third-order valence-corrected chi connectivity index (χ3v) is 3.49. The van der Waals surface area contributed by atoms with Crippen LogP contribution in [-0.2, 0) is 9.59 Å². The highest BCUT2D eigenvalue weighted by Crippen LogP contribution is 2.04. The summed E-state index contributed by atoms with van der Waals surface area (Å²) in [5, 5.41) is 13.9. The molecule has 0 aromatic rings. The molecule has 0 aliphatic carbocycles. The third kappa shape index (κ3) is 9.48. The molecule has 0 aliphatic heterocycles. The number of carboxylic acid groups (broad SMARTS) is 1. The highest BCUT2D eigenvalue weighted by Gasteiger charge is 2.21. The average molecular weight is 305 g/mol. The molecule has 3 amide bonds. The first-order valence-corrected chi connectivity index (χ1v) is 7.68. The van der Waals surface area contributed by atoms with Crippen LogP contribution in [0, 0.1) is 0 Å². The van der Waals surface area contributed by atoms with Crippen molar-refractivity contribution >= 4 is 29.7 Å². The number of nitrogens with one attached hydrogen (secondary N) is 2. The Morgan fingerprint density at radius 1 is 1.25 bits per heavy atom. The largest absolute Gasteiger partial charge is 0.480 e. The highest BCUT2D eigenvalue weighted by atomic mass is 32.2. The van der Waals surface area contributed by atoms with Crippen molar-refractivity contribution in [2.45, 2.75) is 45.2 Å². The molecule has 0 bridgehead atoms. The highest BCUT2D eigenvalue weighted by molar-refractivity contribution is 7.99. The first-order chi connectivity index (χ1) is 9.36. The van der Waals surface area contributed by atoms with Crippen LogP contribution in [0.5, 0.6) is 0 Å². The molecule has 0 radical (unpaired) electrons. The van der Waals surface area contributed by atoms with Gasteiger partial charge in [0.15, 0.2) is 0 Å². The molecule has 0 aromatic carbocycles. The molecule has 0 spiro atoms. The number of carbonyl (C=O) groups excluding carboxylic acids is 2. The Kier molecular flexibility index (Phi) is 9.61. The number of carboxylic acids is 1. The summed E-state index contributed by atoms with van der Waals surface area (Å²) in [4.78, 5) is 33.2. The molecule has 8 heteroatoms. The molecule has 2 atom stereocenters. The van der Waals surface area contributed by atoms with Crippen molar-refractivity contribution in [3.05, 3.63) is 0 Å². The topological polar surface area (TPSA) is 122 Å². The molecule has 0 rings (SSSR count). The summed E-state index contributed by atoms with van der Waals surface area (Å²) in [6.45, 7) is 3.92. The SMILES string of the molecule is CCSCCC(C)NC(=O)N[C@@H](CCC(N)=O)C(=O)O. The minimum atomic E-state index is -1.18. The van der Waals surface area contributed by atoms with Crippen LogP contribution in [0.3, 0.4) is 0 Å². The van der Waals surface area contributed by atoms with Gasteiger partial charge in [-0.25, -0.2) is 9.59 Å². The number of thioether (sulfide) groups is 1. The molecule has 5 N–H and O–H groups in total. The summed E-state index contributed by atoms with van der Waals surface area (Å²) in [6.07, 6.45) is 0.711. The van der Waals surface area contributed by atoms with E-state index in [1.165, 1.54) is 0 Å². The number of nitrogens with two attached hydrogens (primary N) is 1. The van der Waals surface area contributed by atoms with E-state index in [4.69, 9.17) is 10.8 Å². The van der Waals surface area contributed by atoms with Crippen LogP contribution in [0.25, 0.3) is 0 Å². The molecular formula is C12H23N3O4S. The van der Waals surface area contributed by atoms with Crippen molar-refractivity contribution in [2.75, 3.05) is 11.5 Å². The normalized spacial score (nSPS) is 13.3. The van der Waals surface area contributed by atoms with Gasteiger partial charge >= 0.3 is 12.0 Å². The molecule has 20 heavy (non-hydrogen) atoms. The van der Waals surface area contributed by atoms with Gasteiger partial charge < -0.3 is 21.5 Å². The summed E-state index contributed by atoms with van der Waals surface area (Å²) in [5.74, 6) is 0.175. The smallest absolute Gasteiger partial charge is 0.326 e. The van der Waals surface area contributed by atoms with Gasteiger partial charge in [-0.05, 0) is 31.3 Å². The molecule has 0 fully saturated rings. The van der Waals surface area contributed by atoms with Crippen molar-refractivity contribution in [3.63, 3.8) is 0 Å². The van der Waals surface area contributed by atoms with E-state index < -0.39 is 23.9 Å². The van der Waals surface area contributed by atoms with Crippen molar-refractivity contribution in [2.24, 2.45) is 5.73 Å². The number of urea groups is 1. The Labute approximate surface area is 123 Å². The van der Waals surface area contributed by atoms with Crippen molar-refractivity contribution < 1.29 is 19.5 Å². The van der Waals surface area contributed by atoms with Gasteiger partial charge in [-0.2, -0.15) is 11.8 Å². The number of hydrogen-bond donors (Lipinski definition) is 4. The van der Waals surface area contributed by atoms with Crippen LogP contribution in [0.1, 0.15) is 33.1 Å². The summed E-state index contributed by atoms with van der Waals surface area (Å²) in [6, 6.07) is -1.70. The van der Waals surface area contributed by atoms with Gasteiger partial charge in [0.1, 0.15) is 6.04 Å². The lowest BCUT2D eigenvalue weighted by Gasteiger charge is -2.18. The van der Waals surface area contributed by atoms with Gasteiger partial charge in [0.25, 0.3) is 0 Å². The van der Waals surface area contributed by atoms with Crippen molar-refractivity contribution in [1.82, 2.24) is 10.6 Å². The zero-order valence-electron chi connectivity index (χ0n) is 11.8. The lowest BCUT2D eigenvalue weighted by atomic mass is 10.1. The average Bonchev–Trinajstić information content (AvgIpc) is 2.34. The first kappa shape index (κ1) is 18.6. The fourth-order valence-corrected chi connectivity index (χ4v) is 2.25. The van der Waals surface area contributed by atoms with Crippen LogP contribution >= 0.6 is 11.8 Å². The molecule has 0 aliphatic rings. The fourth-order valence-electron chi connectivity index (χ4n) is 1.44. The minimum absolute atomic E-state index is 0.0157. The molecule has 116 valence electrons. The van der Waals surface area contributed by atoms with E-state index in [-0.39, 0.29) is 18.9 Å². The summed E-state index contributed by atoms with van der Waals surface area (Å²) in [5.41, 5.74) is 4.96. The Balaban J connectivity index is 4.11. The molecule has 0 aromatic heterocycles. The van der Waals surface area contributed by atoms with Crippen LogP contribution in [0.2, 0.25) is 0 Å². The Hall–Kier alpha value is -1.44. The number of aliphatic carboxylic acids is 1. The maximum Gasteiger partial charge on any atom is 0.326 e. The minimum Gasteiger partial charge on any atom is -0.480 e.